The van der Waals surface area contributed by atoms with Crippen LogP contribution in [-0.4, -0.2) is 11.0 Å². The molecule has 1 aliphatic rings. The van der Waals surface area contributed by atoms with E-state index in [1.54, 1.807) is 0 Å². The van der Waals surface area contributed by atoms with Crippen molar-refractivity contribution in [2.24, 2.45) is 0 Å². The lowest BCUT2D eigenvalue weighted by Crippen LogP contribution is -2.07. The van der Waals surface area contributed by atoms with Gasteiger partial charge in [0.05, 0.1) is 12.1 Å². The minimum atomic E-state index is -0.669. The Labute approximate surface area is 109 Å². The fourth-order valence-corrected chi connectivity index (χ4v) is 3.08. The topological polar surface area (TPSA) is 49.3 Å². The Morgan fingerprint density at radius 2 is 2.28 bits per heavy atom. The van der Waals surface area contributed by atoms with Gasteiger partial charge in [-0.2, -0.15) is 0 Å². The molecule has 0 radical (unpaired) electrons. The zero-order chi connectivity index (χ0) is 12.7. The van der Waals surface area contributed by atoms with Crippen molar-refractivity contribution in [3.8, 4) is 0 Å². The summed E-state index contributed by atoms with van der Waals surface area (Å²) in [6.07, 6.45) is -0.265. The summed E-state index contributed by atoms with van der Waals surface area (Å²) in [6.45, 7) is 1.98. The van der Waals surface area contributed by atoms with Gasteiger partial charge in [0, 0.05) is 10.4 Å². The number of aryl methyl sites for hydroxylation is 1. The summed E-state index contributed by atoms with van der Waals surface area (Å²) in [4.78, 5) is 12.4. The molecule has 1 aliphatic heterocycles. The van der Waals surface area contributed by atoms with E-state index in [-0.39, 0.29) is 5.91 Å². The van der Waals surface area contributed by atoms with E-state index >= 15 is 0 Å². The van der Waals surface area contributed by atoms with E-state index in [4.69, 9.17) is 0 Å². The van der Waals surface area contributed by atoms with Gasteiger partial charge in [-0.3, -0.25) is 4.79 Å². The number of hydrogen-bond donors (Lipinski definition) is 2. The Kier molecular flexibility index (Phi) is 2.69. The first kappa shape index (κ1) is 11.4. The molecule has 1 atom stereocenters. The molecular weight excluding hydrogens is 246 g/mol. The highest BCUT2D eigenvalue weighted by atomic mass is 32.1. The highest BCUT2D eigenvalue weighted by molar-refractivity contribution is 7.10. The van der Waals surface area contributed by atoms with Crippen molar-refractivity contribution in [1.82, 2.24) is 0 Å². The molecule has 1 unspecified atom stereocenters. The average Bonchev–Trinajstić information content (AvgIpc) is 2.94. The van der Waals surface area contributed by atoms with Gasteiger partial charge >= 0.3 is 0 Å². The molecule has 1 aromatic heterocycles. The number of aliphatic hydroxyl groups is 1. The molecule has 18 heavy (non-hydrogen) atoms. The quantitative estimate of drug-likeness (QED) is 0.871. The molecule has 92 valence electrons. The number of rotatable bonds is 2. The van der Waals surface area contributed by atoms with Crippen LogP contribution in [0.25, 0.3) is 0 Å². The van der Waals surface area contributed by atoms with Gasteiger partial charge in [0.15, 0.2) is 0 Å². The maximum Gasteiger partial charge on any atom is 0.228 e. The smallest absolute Gasteiger partial charge is 0.228 e. The Balaban J connectivity index is 2.10. The molecule has 0 spiro atoms. The lowest BCUT2D eigenvalue weighted by Gasteiger charge is -2.14. The molecule has 1 amide bonds. The van der Waals surface area contributed by atoms with Crippen LogP contribution in [0.2, 0.25) is 0 Å². The van der Waals surface area contributed by atoms with Crippen molar-refractivity contribution in [2.45, 2.75) is 19.4 Å². The van der Waals surface area contributed by atoms with Crippen molar-refractivity contribution in [3.05, 3.63) is 51.2 Å². The minimum Gasteiger partial charge on any atom is -0.383 e. The van der Waals surface area contributed by atoms with E-state index in [2.05, 4.69) is 5.32 Å². The van der Waals surface area contributed by atoms with Gasteiger partial charge < -0.3 is 10.4 Å². The molecule has 0 aliphatic carbocycles. The van der Waals surface area contributed by atoms with Gasteiger partial charge in [-0.25, -0.2) is 0 Å². The second-order valence-corrected chi connectivity index (χ2v) is 5.51. The van der Waals surface area contributed by atoms with Crippen molar-refractivity contribution >= 4 is 22.9 Å². The predicted octanol–water partition coefficient (Wildman–Crippen LogP) is 2.63. The van der Waals surface area contributed by atoms with Crippen molar-refractivity contribution < 1.29 is 9.90 Å². The van der Waals surface area contributed by atoms with Crippen LogP contribution < -0.4 is 5.32 Å². The number of carbonyl (C=O) groups excluding carboxylic acids is 1. The molecular formula is C14H13NO2S. The second kappa shape index (κ2) is 4.23. The Morgan fingerprint density at radius 3 is 3.00 bits per heavy atom. The molecule has 0 fully saturated rings. The average molecular weight is 259 g/mol. The number of amides is 1. The van der Waals surface area contributed by atoms with Crippen LogP contribution in [0.3, 0.4) is 0 Å². The van der Waals surface area contributed by atoms with Gasteiger partial charge in [-0.05, 0) is 23.9 Å². The van der Waals surface area contributed by atoms with Gasteiger partial charge in [-0.1, -0.05) is 23.8 Å². The lowest BCUT2D eigenvalue weighted by atomic mass is 9.99. The van der Waals surface area contributed by atoms with E-state index in [0.717, 1.165) is 27.3 Å². The fourth-order valence-electron chi connectivity index (χ4n) is 2.36. The standard InChI is InChI=1S/C14H13NO2S/c1-8-5-9-7-12(16)15-13(9)10(6-8)14(17)11-3-2-4-18-11/h2-6,14,17H,7H2,1H3,(H,15,16). The monoisotopic (exact) mass is 259 g/mol. The molecule has 0 saturated carbocycles. The molecule has 2 N–H and O–H groups in total. The maximum atomic E-state index is 11.5. The van der Waals surface area contributed by atoms with Crippen LogP contribution >= 0.6 is 11.3 Å². The summed E-state index contributed by atoms with van der Waals surface area (Å²) in [5.74, 6) is -0.00442. The first-order chi connectivity index (χ1) is 8.65. The summed E-state index contributed by atoms with van der Waals surface area (Å²) < 4.78 is 0. The fraction of sp³-hybridized carbons (Fsp3) is 0.214. The third kappa shape index (κ3) is 1.83. The van der Waals surface area contributed by atoms with Crippen molar-refractivity contribution in [1.29, 1.82) is 0 Å². The molecule has 1 aromatic carbocycles. The van der Waals surface area contributed by atoms with E-state index in [9.17, 15) is 9.90 Å². The van der Waals surface area contributed by atoms with Crippen LogP contribution in [0.5, 0.6) is 0 Å². The van der Waals surface area contributed by atoms with E-state index in [1.807, 2.05) is 36.6 Å². The van der Waals surface area contributed by atoms with Gasteiger partial charge in [-0.15, -0.1) is 11.3 Å². The Hall–Kier alpha value is -1.65. The van der Waals surface area contributed by atoms with Crippen LogP contribution in [0.15, 0.2) is 29.6 Å². The van der Waals surface area contributed by atoms with Crippen molar-refractivity contribution in [3.63, 3.8) is 0 Å². The van der Waals surface area contributed by atoms with E-state index in [0.29, 0.717) is 6.42 Å². The number of thiophene rings is 1. The summed E-state index contributed by atoms with van der Waals surface area (Å²) in [6, 6.07) is 7.76. The number of nitrogens with one attached hydrogen (secondary N) is 1. The predicted molar refractivity (Wildman–Crippen MR) is 71.9 cm³/mol. The SMILES string of the molecule is Cc1cc2c(c(C(O)c3cccs3)c1)NC(=O)C2. The second-order valence-electron chi connectivity index (χ2n) is 4.53. The Morgan fingerprint density at radius 1 is 1.44 bits per heavy atom. The maximum absolute atomic E-state index is 11.5. The number of hydrogen-bond acceptors (Lipinski definition) is 3. The number of aliphatic hydroxyl groups excluding tert-OH is 1. The largest absolute Gasteiger partial charge is 0.383 e. The molecule has 0 bridgehead atoms. The normalized spacial score (nSPS) is 15.3. The molecule has 2 heterocycles. The summed E-state index contributed by atoms with van der Waals surface area (Å²) in [5, 5.41) is 15.2. The van der Waals surface area contributed by atoms with Gasteiger partial charge in [0.25, 0.3) is 0 Å². The van der Waals surface area contributed by atoms with Crippen LogP contribution in [0.1, 0.15) is 27.7 Å². The molecule has 2 aromatic rings. The highest BCUT2D eigenvalue weighted by Crippen LogP contribution is 2.36. The summed E-state index contributed by atoms with van der Waals surface area (Å²) >= 11 is 1.52. The third-order valence-corrected chi connectivity index (χ3v) is 4.04. The van der Waals surface area contributed by atoms with Crippen molar-refractivity contribution in [2.75, 3.05) is 5.32 Å². The lowest BCUT2D eigenvalue weighted by molar-refractivity contribution is -0.115. The zero-order valence-electron chi connectivity index (χ0n) is 9.93. The number of fused-ring (bicyclic) bond motifs is 1. The summed E-state index contributed by atoms with van der Waals surface area (Å²) in [5.41, 5.74) is 3.62. The molecule has 3 nitrogen and oxygen atoms in total. The minimum absolute atomic E-state index is 0.00442. The zero-order valence-corrected chi connectivity index (χ0v) is 10.8. The first-order valence-corrected chi connectivity index (χ1v) is 6.68. The highest BCUT2D eigenvalue weighted by Gasteiger charge is 2.25. The number of carbonyl (C=O) groups is 1. The summed E-state index contributed by atoms with van der Waals surface area (Å²) in [7, 11) is 0. The third-order valence-electron chi connectivity index (χ3n) is 3.12. The van der Waals surface area contributed by atoms with E-state index < -0.39 is 6.10 Å². The number of anilines is 1. The molecule has 3 rings (SSSR count). The van der Waals surface area contributed by atoms with E-state index in [1.165, 1.54) is 11.3 Å². The Bertz CT molecular complexity index is 605. The van der Waals surface area contributed by atoms with Crippen LogP contribution in [-0.2, 0) is 11.2 Å². The molecule has 4 heteroatoms. The van der Waals surface area contributed by atoms with Crippen LogP contribution in [0, 0.1) is 6.92 Å². The van der Waals surface area contributed by atoms with Gasteiger partial charge in [0.1, 0.15) is 6.10 Å². The van der Waals surface area contributed by atoms with Crippen LogP contribution in [0.4, 0.5) is 5.69 Å². The number of benzene rings is 1. The molecule has 0 saturated heterocycles. The van der Waals surface area contributed by atoms with Gasteiger partial charge in [0.2, 0.25) is 5.91 Å². The first-order valence-electron chi connectivity index (χ1n) is 5.80.